The second kappa shape index (κ2) is 12.0. The molecule has 2 amide bonds. The SMILES string of the molecule is O=C(CSCCC(NC(=O)OCc1ccccc1)C(=O)O)Nc1ccccc1Cl. The minimum atomic E-state index is -1.16. The fourth-order valence-corrected chi connectivity index (χ4v) is 3.27. The van der Waals surface area contributed by atoms with E-state index in [0.29, 0.717) is 16.5 Å². The molecule has 0 bridgehead atoms. The Morgan fingerprint density at radius 3 is 2.45 bits per heavy atom. The number of benzene rings is 2. The van der Waals surface area contributed by atoms with Crippen LogP contribution in [0.5, 0.6) is 0 Å². The largest absolute Gasteiger partial charge is 0.480 e. The summed E-state index contributed by atoms with van der Waals surface area (Å²) in [7, 11) is 0. The number of nitrogens with one attached hydrogen (secondary N) is 2. The van der Waals surface area contributed by atoms with Gasteiger partial charge in [-0.25, -0.2) is 9.59 Å². The van der Waals surface area contributed by atoms with Crippen LogP contribution in [0.2, 0.25) is 5.02 Å². The van der Waals surface area contributed by atoms with Gasteiger partial charge in [0.15, 0.2) is 0 Å². The number of carboxylic acids is 1. The van der Waals surface area contributed by atoms with Gasteiger partial charge in [0.1, 0.15) is 12.6 Å². The lowest BCUT2D eigenvalue weighted by Gasteiger charge is -2.14. The number of carbonyl (C=O) groups is 3. The molecule has 1 atom stereocenters. The molecule has 29 heavy (non-hydrogen) atoms. The average molecular weight is 437 g/mol. The molecule has 7 nitrogen and oxygen atoms in total. The zero-order valence-electron chi connectivity index (χ0n) is 15.5. The van der Waals surface area contributed by atoms with Crippen LogP contribution in [-0.2, 0) is 20.9 Å². The molecule has 0 aliphatic rings. The quantitative estimate of drug-likeness (QED) is 0.489. The van der Waals surface area contributed by atoms with E-state index >= 15 is 0 Å². The Labute approximate surface area is 177 Å². The smallest absolute Gasteiger partial charge is 0.408 e. The molecule has 0 saturated carbocycles. The summed E-state index contributed by atoms with van der Waals surface area (Å²) in [5.41, 5.74) is 1.32. The van der Waals surface area contributed by atoms with Gasteiger partial charge in [0.25, 0.3) is 0 Å². The van der Waals surface area contributed by atoms with Crippen LogP contribution < -0.4 is 10.6 Å². The van der Waals surface area contributed by atoms with Gasteiger partial charge in [-0.15, -0.1) is 0 Å². The molecular formula is C20H21ClN2O5S. The van der Waals surface area contributed by atoms with E-state index in [0.717, 1.165) is 5.56 Å². The molecule has 2 rings (SSSR count). The topological polar surface area (TPSA) is 105 Å². The third-order valence-electron chi connectivity index (χ3n) is 3.73. The number of hydrogen-bond donors (Lipinski definition) is 3. The highest BCUT2D eigenvalue weighted by Crippen LogP contribution is 2.20. The molecular weight excluding hydrogens is 416 g/mol. The van der Waals surface area contributed by atoms with Crippen LogP contribution in [0.1, 0.15) is 12.0 Å². The number of alkyl carbamates (subject to hydrolysis) is 1. The van der Waals surface area contributed by atoms with Gasteiger partial charge in [-0.3, -0.25) is 4.79 Å². The molecule has 0 aromatic heterocycles. The standard InChI is InChI=1S/C20H21ClN2O5S/c21-15-8-4-5-9-16(15)22-18(24)13-29-11-10-17(19(25)26)23-20(27)28-12-14-6-2-1-3-7-14/h1-9,17H,10-13H2,(H,22,24)(H,23,27)(H,25,26). The van der Waals surface area contributed by atoms with Crippen molar-refractivity contribution in [1.82, 2.24) is 5.32 Å². The minimum absolute atomic E-state index is 0.0516. The highest BCUT2D eigenvalue weighted by molar-refractivity contribution is 7.99. The minimum Gasteiger partial charge on any atom is -0.480 e. The van der Waals surface area contributed by atoms with Crippen LogP contribution in [0, 0.1) is 0 Å². The Hall–Kier alpha value is -2.71. The normalized spacial score (nSPS) is 11.3. The van der Waals surface area contributed by atoms with Crippen molar-refractivity contribution in [3.8, 4) is 0 Å². The first-order chi connectivity index (χ1) is 14.0. The number of para-hydroxylation sites is 1. The molecule has 0 radical (unpaired) electrons. The molecule has 2 aromatic rings. The summed E-state index contributed by atoms with van der Waals surface area (Å²) in [5.74, 6) is -0.907. The van der Waals surface area contributed by atoms with Gasteiger partial charge in [0.2, 0.25) is 5.91 Å². The number of hydrogen-bond acceptors (Lipinski definition) is 5. The molecule has 0 fully saturated rings. The Morgan fingerprint density at radius 2 is 1.76 bits per heavy atom. The van der Waals surface area contributed by atoms with E-state index < -0.39 is 18.1 Å². The molecule has 9 heteroatoms. The second-order valence-corrected chi connectivity index (χ2v) is 7.48. The summed E-state index contributed by atoms with van der Waals surface area (Å²) in [6.07, 6.45) is -0.650. The van der Waals surface area contributed by atoms with Crippen molar-refractivity contribution < 1.29 is 24.2 Å². The number of carboxylic acid groups (broad SMARTS) is 1. The Balaban J connectivity index is 1.69. The van der Waals surface area contributed by atoms with Crippen molar-refractivity contribution in [2.24, 2.45) is 0 Å². The van der Waals surface area contributed by atoms with E-state index in [4.69, 9.17) is 16.3 Å². The molecule has 0 heterocycles. The van der Waals surface area contributed by atoms with E-state index in [1.165, 1.54) is 11.8 Å². The molecule has 0 saturated heterocycles. The second-order valence-electron chi connectivity index (χ2n) is 5.97. The zero-order chi connectivity index (χ0) is 21.1. The lowest BCUT2D eigenvalue weighted by Crippen LogP contribution is -2.41. The number of aliphatic carboxylic acids is 1. The van der Waals surface area contributed by atoms with Gasteiger partial charge in [0.05, 0.1) is 16.5 Å². The number of rotatable bonds is 10. The highest BCUT2D eigenvalue weighted by atomic mass is 35.5. The van der Waals surface area contributed by atoms with Crippen LogP contribution in [0.3, 0.4) is 0 Å². The molecule has 0 aliphatic carbocycles. The van der Waals surface area contributed by atoms with Crippen molar-refractivity contribution in [3.63, 3.8) is 0 Å². The first-order valence-electron chi connectivity index (χ1n) is 8.78. The summed E-state index contributed by atoms with van der Waals surface area (Å²) in [6, 6.07) is 14.9. The van der Waals surface area contributed by atoms with Crippen molar-refractivity contribution in [1.29, 1.82) is 0 Å². The van der Waals surface area contributed by atoms with Gasteiger partial charge in [-0.1, -0.05) is 54.1 Å². The van der Waals surface area contributed by atoms with Crippen LogP contribution in [0.15, 0.2) is 54.6 Å². The van der Waals surface area contributed by atoms with Gasteiger partial charge in [0, 0.05) is 0 Å². The Kier molecular flexibility index (Phi) is 9.33. The maximum absolute atomic E-state index is 11.9. The lowest BCUT2D eigenvalue weighted by molar-refractivity contribution is -0.139. The molecule has 154 valence electrons. The fraction of sp³-hybridized carbons (Fsp3) is 0.250. The van der Waals surface area contributed by atoms with Gasteiger partial charge < -0.3 is 20.5 Å². The highest BCUT2D eigenvalue weighted by Gasteiger charge is 2.20. The predicted octanol–water partition coefficient (Wildman–Crippen LogP) is 3.78. The van der Waals surface area contributed by atoms with Crippen molar-refractivity contribution in [3.05, 3.63) is 65.2 Å². The maximum atomic E-state index is 11.9. The Bertz CT molecular complexity index is 835. The monoisotopic (exact) mass is 436 g/mol. The summed E-state index contributed by atoms with van der Waals surface area (Å²) >= 11 is 7.24. The van der Waals surface area contributed by atoms with Crippen LogP contribution >= 0.6 is 23.4 Å². The number of amides is 2. The number of thioether (sulfide) groups is 1. The maximum Gasteiger partial charge on any atom is 0.408 e. The zero-order valence-corrected chi connectivity index (χ0v) is 17.0. The number of ether oxygens (including phenoxy) is 1. The molecule has 0 spiro atoms. The van der Waals surface area contributed by atoms with E-state index in [1.807, 2.05) is 18.2 Å². The summed E-state index contributed by atoms with van der Waals surface area (Å²) in [6.45, 7) is 0.0516. The van der Waals surface area contributed by atoms with E-state index in [-0.39, 0.29) is 24.7 Å². The van der Waals surface area contributed by atoms with Gasteiger partial charge in [-0.05, 0) is 29.9 Å². The number of anilines is 1. The third-order valence-corrected chi connectivity index (χ3v) is 5.06. The van der Waals surface area contributed by atoms with Crippen molar-refractivity contribution in [2.75, 3.05) is 16.8 Å². The first-order valence-corrected chi connectivity index (χ1v) is 10.3. The summed E-state index contributed by atoms with van der Waals surface area (Å²) < 4.78 is 5.03. The van der Waals surface area contributed by atoms with Crippen LogP contribution in [-0.4, -0.2) is 40.6 Å². The first kappa shape index (κ1) is 22.6. The predicted molar refractivity (Wildman–Crippen MR) is 113 cm³/mol. The number of halogens is 1. The van der Waals surface area contributed by atoms with E-state index in [2.05, 4.69) is 10.6 Å². The van der Waals surface area contributed by atoms with E-state index in [1.54, 1.807) is 36.4 Å². The molecule has 0 aliphatic heterocycles. The van der Waals surface area contributed by atoms with Crippen molar-refractivity contribution in [2.45, 2.75) is 19.1 Å². The van der Waals surface area contributed by atoms with E-state index in [9.17, 15) is 19.5 Å². The average Bonchev–Trinajstić information content (AvgIpc) is 2.71. The lowest BCUT2D eigenvalue weighted by atomic mass is 10.2. The Morgan fingerprint density at radius 1 is 1.07 bits per heavy atom. The number of carbonyl (C=O) groups excluding carboxylic acids is 2. The molecule has 1 unspecified atom stereocenters. The molecule has 3 N–H and O–H groups in total. The van der Waals surface area contributed by atoms with Gasteiger partial charge >= 0.3 is 12.1 Å². The fourth-order valence-electron chi connectivity index (χ4n) is 2.28. The molecule has 2 aromatic carbocycles. The van der Waals surface area contributed by atoms with Crippen LogP contribution in [0.25, 0.3) is 0 Å². The summed E-state index contributed by atoms with van der Waals surface area (Å²) in [4.78, 5) is 35.1. The third kappa shape index (κ3) is 8.45. The van der Waals surface area contributed by atoms with Gasteiger partial charge in [-0.2, -0.15) is 11.8 Å². The summed E-state index contributed by atoms with van der Waals surface area (Å²) in [5, 5.41) is 14.7. The van der Waals surface area contributed by atoms with Crippen molar-refractivity contribution >= 4 is 47.0 Å². The van der Waals surface area contributed by atoms with Crippen LogP contribution in [0.4, 0.5) is 10.5 Å².